The van der Waals surface area contributed by atoms with Crippen molar-refractivity contribution in [1.29, 1.82) is 5.41 Å². The van der Waals surface area contributed by atoms with Crippen LogP contribution in [-0.4, -0.2) is 59.8 Å². The molecule has 0 bridgehead atoms. The minimum Gasteiger partial charge on any atom is -0.383 e. The fraction of sp³-hybridized carbons (Fsp3) is 0.450. The molecule has 0 spiro atoms. The quantitative estimate of drug-likeness (QED) is 0.381. The largest absolute Gasteiger partial charge is 0.383 e. The molecule has 1 aromatic carbocycles. The average Bonchev–Trinajstić information content (AvgIpc) is 3.11. The van der Waals surface area contributed by atoms with E-state index in [4.69, 9.17) is 27.5 Å². The highest BCUT2D eigenvalue weighted by molar-refractivity contribution is 6.30. The monoisotopic (exact) mass is 420 g/mol. The third-order valence-electron chi connectivity index (χ3n) is 4.69. The number of benzene rings is 1. The number of likely N-dealkylation sites (N-methyl/N-ethyl adjacent to an activating group) is 1. The van der Waals surface area contributed by atoms with E-state index in [-0.39, 0.29) is 11.6 Å². The van der Waals surface area contributed by atoms with Crippen molar-refractivity contribution in [3.8, 4) is 0 Å². The SMILES string of the molecule is CCC[C@@H](CC(=N)n1cc(C(N)=O)c(Nc2ccc(Cl)cc2)n1)N(C)CCOC. The molecule has 0 aliphatic carbocycles. The third-order valence-corrected chi connectivity index (χ3v) is 4.94. The number of nitrogens with one attached hydrogen (secondary N) is 2. The Kier molecular flexibility index (Phi) is 8.63. The minimum absolute atomic E-state index is 0.177. The van der Waals surface area contributed by atoms with Gasteiger partial charge in [0, 0.05) is 43.0 Å². The molecule has 0 saturated carbocycles. The predicted molar refractivity (Wildman–Crippen MR) is 116 cm³/mol. The van der Waals surface area contributed by atoms with Crippen molar-refractivity contribution in [3.63, 3.8) is 0 Å². The normalized spacial score (nSPS) is 12.2. The summed E-state index contributed by atoms with van der Waals surface area (Å²) in [5.41, 5.74) is 6.46. The van der Waals surface area contributed by atoms with E-state index in [9.17, 15) is 4.79 Å². The van der Waals surface area contributed by atoms with Gasteiger partial charge in [0.05, 0.1) is 6.61 Å². The second-order valence-electron chi connectivity index (χ2n) is 6.90. The summed E-state index contributed by atoms with van der Waals surface area (Å²) in [6, 6.07) is 7.20. The second-order valence-corrected chi connectivity index (χ2v) is 7.34. The molecule has 1 aromatic heterocycles. The zero-order chi connectivity index (χ0) is 21.4. The van der Waals surface area contributed by atoms with Crippen LogP contribution >= 0.6 is 11.6 Å². The molecule has 1 heterocycles. The summed E-state index contributed by atoms with van der Waals surface area (Å²) in [5, 5.41) is 16.6. The van der Waals surface area contributed by atoms with Crippen molar-refractivity contribution < 1.29 is 9.53 Å². The van der Waals surface area contributed by atoms with Crippen molar-refractivity contribution in [1.82, 2.24) is 14.7 Å². The first-order chi connectivity index (χ1) is 13.8. The van der Waals surface area contributed by atoms with Gasteiger partial charge in [-0.25, -0.2) is 4.68 Å². The molecule has 29 heavy (non-hydrogen) atoms. The Hall–Kier alpha value is -2.42. The molecule has 0 unspecified atom stereocenters. The van der Waals surface area contributed by atoms with Gasteiger partial charge in [0.25, 0.3) is 5.91 Å². The lowest BCUT2D eigenvalue weighted by molar-refractivity contribution is 0.100. The molecular formula is C20H29ClN6O2. The molecular weight excluding hydrogens is 392 g/mol. The van der Waals surface area contributed by atoms with Gasteiger partial charge in [-0.1, -0.05) is 24.9 Å². The fourth-order valence-corrected chi connectivity index (χ4v) is 3.13. The van der Waals surface area contributed by atoms with Crippen LogP contribution < -0.4 is 11.1 Å². The van der Waals surface area contributed by atoms with Gasteiger partial charge in [0.1, 0.15) is 11.4 Å². The number of rotatable bonds is 11. The Morgan fingerprint density at radius 2 is 2.10 bits per heavy atom. The molecule has 0 aliphatic rings. The number of nitrogens with zero attached hydrogens (tertiary/aromatic N) is 3. The first-order valence-electron chi connectivity index (χ1n) is 9.54. The van der Waals surface area contributed by atoms with E-state index in [0.29, 0.717) is 29.7 Å². The molecule has 0 saturated heterocycles. The van der Waals surface area contributed by atoms with E-state index in [1.807, 2.05) is 7.05 Å². The topological polar surface area (TPSA) is 109 Å². The van der Waals surface area contributed by atoms with E-state index < -0.39 is 5.91 Å². The van der Waals surface area contributed by atoms with Crippen LogP contribution in [0, 0.1) is 5.41 Å². The highest BCUT2D eigenvalue weighted by Gasteiger charge is 2.20. The first kappa shape index (κ1) is 22.9. The van der Waals surface area contributed by atoms with Gasteiger partial charge in [0.2, 0.25) is 0 Å². The molecule has 9 heteroatoms. The zero-order valence-electron chi connectivity index (χ0n) is 17.1. The second kappa shape index (κ2) is 10.9. The Morgan fingerprint density at radius 3 is 2.69 bits per heavy atom. The number of amides is 1. The molecule has 1 atom stereocenters. The van der Waals surface area contributed by atoms with Crippen LogP contribution in [0.2, 0.25) is 5.02 Å². The van der Waals surface area contributed by atoms with Crippen molar-refractivity contribution in [2.45, 2.75) is 32.2 Å². The van der Waals surface area contributed by atoms with Crippen molar-refractivity contribution in [2.75, 3.05) is 32.6 Å². The van der Waals surface area contributed by atoms with Crippen molar-refractivity contribution in [2.24, 2.45) is 5.73 Å². The van der Waals surface area contributed by atoms with Crippen LogP contribution in [0.1, 0.15) is 36.5 Å². The standard InChI is InChI=1S/C20H29ClN6O2/c1-4-5-16(26(2)10-11-29-3)12-18(22)27-13-17(19(23)28)20(25-27)24-15-8-6-14(21)7-9-15/h6-9,13,16,22H,4-5,10-12H2,1-3H3,(H2,23,28)(H,24,25)/t16-/m0/s1. The number of nitrogens with two attached hydrogens (primary N) is 1. The number of carbonyl (C=O) groups excluding carboxylic acids is 1. The van der Waals surface area contributed by atoms with Gasteiger partial charge >= 0.3 is 0 Å². The van der Waals surface area contributed by atoms with Gasteiger partial charge < -0.3 is 20.7 Å². The van der Waals surface area contributed by atoms with Crippen molar-refractivity contribution in [3.05, 3.63) is 41.0 Å². The number of primary amides is 1. The molecule has 158 valence electrons. The summed E-state index contributed by atoms with van der Waals surface area (Å²) < 4.78 is 6.57. The zero-order valence-corrected chi connectivity index (χ0v) is 17.9. The Bertz CT molecular complexity index is 821. The van der Waals surface area contributed by atoms with Crippen LogP contribution in [0.5, 0.6) is 0 Å². The Balaban J connectivity index is 2.18. The minimum atomic E-state index is -0.608. The van der Waals surface area contributed by atoms with E-state index in [0.717, 1.165) is 25.1 Å². The van der Waals surface area contributed by atoms with Crippen LogP contribution in [0.4, 0.5) is 11.5 Å². The summed E-state index contributed by atoms with van der Waals surface area (Å²) in [6.07, 6.45) is 3.95. The van der Waals surface area contributed by atoms with Gasteiger partial charge in [-0.15, -0.1) is 5.10 Å². The summed E-state index contributed by atoms with van der Waals surface area (Å²) in [4.78, 5) is 14.1. The van der Waals surface area contributed by atoms with E-state index in [1.54, 1.807) is 31.4 Å². The maximum Gasteiger partial charge on any atom is 0.254 e. The molecule has 0 fully saturated rings. The molecule has 2 aromatic rings. The highest BCUT2D eigenvalue weighted by Crippen LogP contribution is 2.21. The number of hydrogen-bond donors (Lipinski definition) is 3. The summed E-state index contributed by atoms with van der Waals surface area (Å²) in [7, 11) is 3.70. The van der Waals surface area contributed by atoms with Gasteiger partial charge in [-0.05, 0) is 37.7 Å². The molecule has 4 N–H and O–H groups in total. The maximum absolute atomic E-state index is 11.9. The number of methoxy groups -OCH3 is 1. The van der Waals surface area contributed by atoms with Crippen LogP contribution in [0.3, 0.4) is 0 Å². The van der Waals surface area contributed by atoms with E-state index >= 15 is 0 Å². The van der Waals surface area contributed by atoms with Gasteiger partial charge in [0.15, 0.2) is 5.82 Å². The van der Waals surface area contributed by atoms with Crippen LogP contribution in [0.25, 0.3) is 0 Å². The maximum atomic E-state index is 11.9. The lowest BCUT2D eigenvalue weighted by Gasteiger charge is -2.27. The number of halogens is 1. The number of carbonyl (C=O) groups is 1. The summed E-state index contributed by atoms with van der Waals surface area (Å²) in [6.45, 7) is 3.53. The summed E-state index contributed by atoms with van der Waals surface area (Å²) >= 11 is 5.91. The molecule has 8 nitrogen and oxygen atoms in total. The number of anilines is 2. The van der Waals surface area contributed by atoms with Gasteiger partial charge in [-0.3, -0.25) is 10.2 Å². The Morgan fingerprint density at radius 1 is 1.41 bits per heavy atom. The smallest absolute Gasteiger partial charge is 0.254 e. The van der Waals surface area contributed by atoms with Crippen molar-refractivity contribution >= 4 is 34.8 Å². The number of ether oxygens (including phenoxy) is 1. The Labute approximate surface area is 176 Å². The molecule has 1 amide bonds. The fourth-order valence-electron chi connectivity index (χ4n) is 3.00. The highest BCUT2D eigenvalue weighted by atomic mass is 35.5. The van der Waals surface area contributed by atoms with E-state index in [1.165, 1.54) is 10.9 Å². The van der Waals surface area contributed by atoms with Gasteiger partial charge in [-0.2, -0.15) is 0 Å². The van der Waals surface area contributed by atoms with Crippen LogP contribution in [0.15, 0.2) is 30.5 Å². The average molecular weight is 421 g/mol. The molecule has 0 radical (unpaired) electrons. The summed E-state index contributed by atoms with van der Waals surface area (Å²) in [5.74, 6) is -0.00782. The third kappa shape index (κ3) is 6.56. The molecule has 2 rings (SSSR count). The van der Waals surface area contributed by atoms with Crippen LogP contribution in [-0.2, 0) is 4.74 Å². The molecule has 0 aliphatic heterocycles. The number of aromatic nitrogens is 2. The first-order valence-corrected chi connectivity index (χ1v) is 9.92. The predicted octanol–water partition coefficient (Wildman–Crippen LogP) is 3.34. The van der Waals surface area contributed by atoms with E-state index in [2.05, 4.69) is 22.2 Å². The number of hydrogen-bond acceptors (Lipinski definition) is 6. The lowest BCUT2D eigenvalue weighted by atomic mass is 10.1. The lowest BCUT2D eigenvalue weighted by Crippen LogP contribution is -2.37.